The summed E-state index contributed by atoms with van der Waals surface area (Å²) >= 11 is 0. The second-order valence-corrected chi connectivity index (χ2v) is 10.4. The first-order valence-corrected chi connectivity index (χ1v) is 12.7. The van der Waals surface area contributed by atoms with Gasteiger partial charge in [-0.15, -0.1) is 0 Å². The molecule has 0 unspecified atom stereocenters. The van der Waals surface area contributed by atoms with Crippen LogP contribution < -0.4 is 4.74 Å². The smallest absolute Gasteiger partial charge is 0.303 e. The Morgan fingerprint density at radius 1 is 0.938 bits per heavy atom. The van der Waals surface area contributed by atoms with Crippen molar-refractivity contribution in [2.75, 3.05) is 6.61 Å². The maximum absolute atomic E-state index is 11.0. The molecule has 3 saturated carbocycles. The summed E-state index contributed by atoms with van der Waals surface area (Å²) in [6, 6.07) is 11.0. The van der Waals surface area contributed by atoms with Crippen molar-refractivity contribution in [2.24, 2.45) is 17.8 Å². The van der Waals surface area contributed by atoms with Gasteiger partial charge in [-0.3, -0.25) is 4.79 Å². The van der Waals surface area contributed by atoms with E-state index in [0.717, 1.165) is 67.8 Å². The topological polar surface area (TPSA) is 64.3 Å². The molecule has 1 heterocycles. The average Bonchev–Trinajstić information content (AvgIpc) is 3.13. The van der Waals surface area contributed by atoms with E-state index >= 15 is 0 Å². The highest BCUT2D eigenvalue weighted by atomic mass is 16.5. The standard InChI is InChI=1S/C27H36N2O3/c30-27(31)15-19-7-9-22(10-8-19)23-11-13-24(14-12-23)25-16-26(32-18-21-5-2-6-21)29(28-25)17-20-3-1-4-20/h11-14,16,19-22H,1-10,15,17-18H2,(H,30,31). The Bertz CT molecular complexity index is 903. The zero-order valence-corrected chi connectivity index (χ0v) is 19.0. The maximum Gasteiger partial charge on any atom is 0.303 e. The van der Waals surface area contributed by atoms with E-state index in [2.05, 4.69) is 35.0 Å². The normalized spacial score (nSPS) is 24.0. The molecule has 1 aromatic carbocycles. The Balaban J connectivity index is 1.25. The van der Waals surface area contributed by atoms with Crippen LogP contribution in [0.1, 0.15) is 82.1 Å². The zero-order valence-electron chi connectivity index (χ0n) is 19.0. The lowest BCUT2D eigenvalue weighted by atomic mass is 9.77. The first-order valence-electron chi connectivity index (χ1n) is 12.7. The molecule has 5 nitrogen and oxygen atoms in total. The Morgan fingerprint density at radius 3 is 2.22 bits per heavy atom. The summed E-state index contributed by atoms with van der Waals surface area (Å²) < 4.78 is 8.33. The largest absolute Gasteiger partial charge is 0.481 e. The third-order valence-corrected chi connectivity index (χ3v) is 8.08. The fourth-order valence-electron chi connectivity index (χ4n) is 5.44. The quantitative estimate of drug-likeness (QED) is 0.502. The number of benzene rings is 1. The molecule has 3 fully saturated rings. The molecule has 3 aliphatic carbocycles. The van der Waals surface area contributed by atoms with Crippen molar-refractivity contribution < 1.29 is 14.6 Å². The summed E-state index contributed by atoms with van der Waals surface area (Å²) in [6.07, 6.45) is 12.4. The SMILES string of the molecule is O=C(O)CC1CCC(c2ccc(-c3cc(OCC4CCC4)n(CC4CCC4)n3)cc2)CC1. The number of hydrogen-bond donors (Lipinski definition) is 1. The van der Waals surface area contributed by atoms with Gasteiger partial charge < -0.3 is 9.84 Å². The average molecular weight is 437 g/mol. The molecule has 5 rings (SSSR count). The van der Waals surface area contributed by atoms with Crippen molar-refractivity contribution in [1.82, 2.24) is 9.78 Å². The van der Waals surface area contributed by atoms with E-state index in [1.165, 1.54) is 44.1 Å². The molecule has 2 aromatic rings. The minimum atomic E-state index is -0.661. The van der Waals surface area contributed by atoms with E-state index in [-0.39, 0.29) is 0 Å². The minimum absolute atomic E-state index is 0.320. The highest BCUT2D eigenvalue weighted by Crippen LogP contribution is 2.38. The van der Waals surface area contributed by atoms with Crippen LogP contribution in [0.4, 0.5) is 0 Å². The van der Waals surface area contributed by atoms with Crippen molar-refractivity contribution >= 4 is 5.97 Å². The molecule has 3 aliphatic rings. The summed E-state index contributed by atoms with van der Waals surface area (Å²) in [5.74, 6) is 2.63. The molecule has 0 amide bonds. The van der Waals surface area contributed by atoms with Gasteiger partial charge in [-0.25, -0.2) is 4.68 Å². The van der Waals surface area contributed by atoms with E-state index in [9.17, 15) is 4.79 Å². The van der Waals surface area contributed by atoms with Crippen molar-refractivity contribution in [1.29, 1.82) is 0 Å². The van der Waals surface area contributed by atoms with Crippen LogP contribution in [0.25, 0.3) is 11.3 Å². The maximum atomic E-state index is 11.0. The fraction of sp³-hybridized carbons (Fsp3) is 0.630. The molecular weight excluding hydrogens is 400 g/mol. The van der Waals surface area contributed by atoms with Gasteiger partial charge in [-0.05, 0) is 80.6 Å². The lowest BCUT2D eigenvalue weighted by molar-refractivity contribution is -0.138. The number of carbonyl (C=O) groups is 1. The van der Waals surface area contributed by atoms with Crippen LogP contribution in [0, 0.1) is 17.8 Å². The van der Waals surface area contributed by atoms with Crippen molar-refractivity contribution in [3.8, 4) is 17.1 Å². The van der Waals surface area contributed by atoms with Crippen molar-refractivity contribution in [3.63, 3.8) is 0 Å². The highest BCUT2D eigenvalue weighted by molar-refractivity contribution is 5.67. The highest BCUT2D eigenvalue weighted by Gasteiger charge is 2.25. The molecule has 1 aromatic heterocycles. The van der Waals surface area contributed by atoms with Crippen LogP contribution in [0.2, 0.25) is 0 Å². The number of ether oxygens (including phenoxy) is 1. The summed E-state index contributed by atoms with van der Waals surface area (Å²) in [5.41, 5.74) is 3.52. The number of aromatic nitrogens is 2. The van der Waals surface area contributed by atoms with Gasteiger partial charge in [0.15, 0.2) is 0 Å². The predicted octanol–water partition coefficient (Wildman–Crippen LogP) is 6.28. The summed E-state index contributed by atoms with van der Waals surface area (Å²) in [5, 5.41) is 14.0. The van der Waals surface area contributed by atoms with Crippen molar-refractivity contribution in [2.45, 2.75) is 83.1 Å². The predicted molar refractivity (Wildman–Crippen MR) is 125 cm³/mol. The minimum Gasteiger partial charge on any atom is -0.481 e. The zero-order chi connectivity index (χ0) is 21.9. The molecule has 0 bridgehead atoms. The fourth-order valence-corrected chi connectivity index (χ4v) is 5.44. The second kappa shape index (κ2) is 9.68. The Kier molecular flexibility index (Phi) is 6.52. The van der Waals surface area contributed by atoms with Gasteiger partial charge in [0, 0.05) is 24.6 Å². The first kappa shape index (κ1) is 21.5. The summed E-state index contributed by atoms with van der Waals surface area (Å²) in [6.45, 7) is 1.79. The molecule has 0 saturated heterocycles. The van der Waals surface area contributed by atoms with Gasteiger partial charge in [0.05, 0.1) is 12.3 Å². The van der Waals surface area contributed by atoms with Gasteiger partial charge in [0.2, 0.25) is 5.88 Å². The molecule has 5 heteroatoms. The number of aliphatic carboxylic acids is 1. The molecule has 1 N–H and O–H groups in total. The van der Waals surface area contributed by atoms with Gasteiger partial charge in [-0.1, -0.05) is 37.1 Å². The van der Waals surface area contributed by atoms with Crippen LogP contribution in [-0.4, -0.2) is 27.5 Å². The van der Waals surface area contributed by atoms with Gasteiger partial charge in [0.25, 0.3) is 0 Å². The Labute approximate surface area is 191 Å². The van der Waals surface area contributed by atoms with E-state index < -0.39 is 5.97 Å². The first-order chi connectivity index (χ1) is 15.6. The molecular formula is C27H36N2O3. The van der Waals surface area contributed by atoms with Gasteiger partial charge in [0.1, 0.15) is 0 Å². The number of nitrogens with zero attached hydrogens (tertiary/aromatic N) is 2. The Hall–Kier alpha value is -2.30. The van der Waals surface area contributed by atoms with Gasteiger partial charge in [-0.2, -0.15) is 5.10 Å². The lowest BCUT2D eigenvalue weighted by Gasteiger charge is -2.28. The Morgan fingerprint density at radius 2 is 1.62 bits per heavy atom. The molecule has 32 heavy (non-hydrogen) atoms. The van der Waals surface area contributed by atoms with Crippen LogP contribution in [-0.2, 0) is 11.3 Å². The van der Waals surface area contributed by atoms with Crippen molar-refractivity contribution in [3.05, 3.63) is 35.9 Å². The van der Waals surface area contributed by atoms with Gasteiger partial charge >= 0.3 is 5.97 Å². The van der Waals surface area contributed by atoms with E-state index in [1.54, 1.807) is 0 Å². The molecule has 0 atom stereocenters. The number of hydrogen-bond acceptors (Lipinski definition) is 3. The summed E-state index contributed by atoms with van der Waals surface area (Å²) in [7, 11) is 0. The monoisotopic (exact) mass is 436 g/mol. The number of carboxylic acid groups (broad SMARTS) is 1. The van der Waals surface area contributed by atoms with Crippen LogP contribution >= 0.6 is 0 Å². The van der Waals surface area contributed by atoms with Crippen LogP contribution in [0.3, 0.4) is 0 Å². The summed E-state index contributed by atoms with van der Waals surface area (Å²) in [4.78, 5) is 11.0. The van der Waals surface area contributed by atoms with E-state index in [1.807, 2.05) is 0 Å². The third kappa shape index (κ3) is 5.02. The second-order valence-electron chi connectivity index (χ2n) is 10.4. The van der Waals surface area contributed by atoms with E-state index in [0.29, 0.717) is 18.3 Å². The van der Waals surface area contributed by atoms with Crippen LogP contribution in [0.5, 0.6) is 5.88 Å². The molecule has 0 radical (unpaired) electrons. The van der Waals surface area contributed by atoms with Crippen LogP contribution in [0.15, 0.2) is 30.3 Å². The van der Waals surface area contributed by atoms with E-state index in [4.69, 9.17) is 14.9 Å². The molecule has 0 aliphatic heterocycles. The molecule has 0 spiro atoms. The number of carboxylic acids is 1. The number of rotatable bonds is 9. The lowest BCUT2D eigenvalue weighted by Crippen LogP contribution is -2.22. The third-order valence-electron chi connectivity index (χ3n) is 8.08. The molecule has 172 valence electrons.